The zero-order valence-electron chi connectivity index (χ0n) is 67.0. The Morgan fingerprint density at radius 2 is 1.38 bits per heavy atom. The predicted octanol–water partition coefficient (Wildman–Crippen LogP) is 14.4. The van der Waals surface area contributed by atoms with Crippen LogP contribution >= 0.6 is 0 Å². The Balaban J connectivity index is 0.722. The van der Waals surface area contributed by atoms with Crippen molar-refractivity contribution in [1.29, 1.82) is 0 Å². The smallest absolute Gasteiger partial charge is 0.318 e. The van der Waals surface area contributed by atoms with Crippen molar-refractivity contribution in [2.45, 2.75) is 174 Å². The number of hydrogen-bond donors (Lipinski definition) is 6. The molecule has 1 saturated heterocycles. The molecular weight excluding hydrogens is 1430 g/mol. The molecule has 3 aliphatic rings. The molecule has 0 radical (unpaired) electrons. The van der Waals surface area contributed by atoms with Crippen molar-refractivity contribution in [1.82, 2.24) is 36.5 Å². The highest BCUT2D eigenvalue weighted by molar-refractivity contribution is 7.85. The van der Waals surface area contributed by atoms with Crippen LogP contribution in [0.15, 0.2) is 179 Å². The molecular formula is C88H116N14O9S+2. The number of nitrogens with one attached hydrogen (secondary N) is 5. The van der Waals surface area contributed by atoms with Crippen molar-refractivity contribution in [3.8, 4) is 5.69 Å². The SMILES string of the molecule is CC/C(=C/C=C/C=C/C1=[N+](CC)c2ccc(C)cc2C1(C)C)N(CCCCCC(=O)NCCNC(=O)[C@H](CCNC(=O)CCCN(C)c1ccc(N=Nc2ccc3nc4ccc(N(CC)CC)cc4[n+](-c4ccccc4)c3c2)cc1)NC(=O)[C@H](CC1CCCCC1)NC(=O)N1CCOCC1)c1ccc(S(=O)(=O)O)cc1CC. The van der Waals surface area contributed by atoms with Gasteiger partial charge >= 0.3 is 6.03 Å². The van der Waals surface area contributed by atoms with E-state index >= 15 is 0 Å². The molecule has 2 fully saturated rings. The Labute approximate surface area is 661 Å². The van der Waals surface area contributed by atoms with Gasteiger partial charge in [0.25, 0.3) is 10.1 Å². The number of urea groups is 1. The summed E-state index contributed by atoms with van der Waals surface area (Å²) in [5, 5.41) is 24.1. The summed E-state index contributed by atoms with van der Waals surface area (Å²) in [5.74, 6) is -1.14. The number of carbonyl (C=O) groups is 5. The van der Waals surface area contributed by atoms with Crippen molar-refractivity contribution in [2.24, 2.45) is 16.1 Å². The first-order valence-corrected chi connectivity index (χ1v) is 41.8. The number of anilines is 3. The van der Waals surface area contributed by atoms with Crippen LogP contribution in [-0.4, -0.2) is 161 Å². The van der Waals surface area contributed by atoms with Gasteiger partial charge in [0, 0.05) is 144 Å². The van der Waals surface area contributed by atoms with Gasteiger partial charge in [-0.05, 0) is 177 Å². The molecule has 112 heavy (non-hydrogen) atoms. The maximum atomic E-state index is 14.5. The van der Waals surface area contributed by atoms with Crippen molar-refractivity contribution in [2.75, 3.05) is 100 Å². The summed E-state index contributed by atoms with van der Waals surface area (Å²) in [6, 6.07) is 39.4. The van der Waals surface area contributed by atoms with Gasteiger partial charge < -0.3 is 50.9 Å². The molecule has 3 heterocycles. The van der Waals surface area contributed by atoms with Gasteiger partial charge in [-0.1, -0.05) is 100 Å². The number of allylic oxidation sites excluding steroid dienone is 6. The first kappa shape index (κ1) is 84.3. The third-order valence-electron chi connectivity index (χ3n) is 21.7. The van der Waals surface area contributed by atoms with E-state index in [0.29, 0.717) is 95.7 Å². The predicted molar refractivity (Wildman–Crippen MR) is 447 cm³/mol. The number of rotatable bonds is 38. The summed E-state index contributed by atoms with van der Waals surface area (Å²) in [6.45, 7) is 22.8. The number of para-hydroxylation sites is 1. The maximum absolute atomic E-state index is 14.5. The number of aromatic nitrogens is 2. The summed E-state index contributed by atoms with van der Waals surface area (Å²) in [5.41, 5.74) is 15.5. The number of hydrogen-bond acceptors (Lipinski definition) is 14. The Hall–Kier alpha value is -10.2. The van der Waals surface area contributed by atoms with E-state index in [9.17, 15) is 36.9 Å². The Morgan fingerprint density at radius 1 is 0.696 bits per heavy atom. The molecule has 2 atom stereocenters. The van der Waals surface area contributed by atoms with Gasteiger partial charge in [-0.25, -0.2) is 9.78 Å². The fourth-order valence-corrected chi connectivity index (χ4v) is 16.0. The maximum Gasteiger partial charge on any atom is 0.318 e. The Bertz CT molecular complexity index is 4680. The average Bonchev–Trinajstić information content (AvgIpc) is 1.32. The molecule has 6 amide bonds. The Morgan fingerprint density at radius 3 is 2.08 bits per heavy atom. The van der Waals surface area contributed by atoms with E-state index in [1.165, 1.54) is 34.7 Å². The van der Waals surface area contributed by atoms with Crippen LogP contribution in [0.3, 0.4) is 0 Å². The lowest BCUT2D eigenvalue weighted by Crippen LogP contribution is -2.57. The third kappa shape index (κ3) is 22.6. The van der Waals surface area contributed by atoms with Crippen molar-refractivity contribution in [3.63, 3.8) is 0 Å². The lowest BCUT2D eigenvalue weighted by atomic mass is 9.81. The lowest BCUT2D eigenvalue weighted by molar-refractivity contribution is -0.538. The van der Waals surface area contributed by atoms with Crippen molar-refractivity contribution in [3.05, 3.63) is 180 Å². The monoisotopic (exact) mass is 1540 g/mol. The van der Waals surface area contributed by atoms with Gasteiger partial charge in [0.05, 0.1) is 34.9 Å². The van der Waals surface area contributed by atoms with Crippen LogP contribution < -0.4 is 45.9 Å². The molecule has 1 aliphatic carbocycles. The molecule has 24 heteroatoms. The number of ether oxygens (including phenoxy) is 1. The highest BCUT2D eigenvalue weighted by Gasteiger charge is 2.44. The van der Waals surface area contributed by atoms with E-state index in [0.717, 1.165) is 108 Å². The number of amides is 6. The number of nitrogens with zero attached hydrogens (tertiary/aromatic N) is 9. The lowest BCUT2D eigenvalue weighted by Gasteiger charge is -2.31. The van der Waals surface area contributed by atoms with Crippen LogP contribution in [0.1, 0.15) is 155 Å². The van der Waals surface area contributed by atoms with E-state index in [2.05, 4.69) is 176 Å². The molecule has 6 N–H and O–H groups in total. The van der Waals surface area contributed by atoms with Crippen LogP contribution in [0.4, 0.5) is 38.9 Å². The minimum absolute atomic E-state index is 0.0660. The van der Waals surface area contributed by atoms with Gasteiger partial charge in [0.1, 0.15) is 29.7 Å². The summed E-state index contributed by atoms with van der Waals surface area (Å²) >= 11 is 0. The number of carbonyl (C=O) groups excluding carboxylic acids is 5. The third-order valence-corrected chi connectivity index (χ3v) is 22.6. The molecule has 10 rings (SSSR count). The quantitative estimate of drug-likeness (QED) is 0.00526. The second-order valence-electron chi connectivity index (χ2n) is 29.8. The standard InChI is InChI=1S/C88H114N14O9S/c1-10-65-60-72(112(108,109)110)43-47-78(65)101(68(11-2)30-21-17-24-33-82-88(7,8)73-58-63(6)36-46-79(73)100(82)14-5)53-26-18-25-34-83(103)90-50-51-91-85(105)76(93-86(106)77(59-64-28-19-15-20-29-64)94-87(107)99-54-56-111-57-55-99)48-49-89-84(104)35-27-52-97(9)69-40-37-66(38-41-69)95-96-67-39-44-74-80(61-67)102(70-31-22-16-23-32-70)81-62-71(98(12-3)13-4)42-45-75(81)92-74/h16-17,21-24,30-33,36-47,58,60-62,64,76-77H,10-15,18-20,25-29,34-35,48-57,59H2,1-9H3,(H4-2,89,90,91,93,94,103,104,105,106,107,108,109,110)/p+2/t76-,77-/m0/s1. The van der Waals surface area contributed by atoms with Gasteiger partial charge in [-0.3, -0.25) is 23.7 Å². The number of azo groups is 1. The zero-order valence-corrected chi connectivity index (χ0v) is 67.8. The topological polar surface area (TPSA) is 267 Å². The number of fused-ring (bicyclic) bond motifs is 3. The van der Waals surface area contributed by atoms with E-state index in [4.69, 9.17) is 9.72 Å². The highest BCUT2D eigenvalue weighted by atomic mass is 32.2. The Kier molecular flexibility index (Phi) is 30.7. The van der Waals surface area contributed by atoms with Gasteiger partial charge in [-0.2, -0.15) is 23.2 Å². The average molecular weight is 1550 g/mol. The second kappa shape index (κ2) is 40.9. The molecule has 2 aliphatic heterocycles. The molecule has 0 bridgehead atoms. The van der Waals surface area contributed by atoms with Crippen LogP contribution in [0.5, 0.6) is 0 Å². The number of aryl methyl sites for hydroxylation is 2. The van der Waals surface area contributed by atoms with Crippen molar-refractivity contribution >= 4 is 102 Å². The van der Waals surface area contributed by atoms with Crippen LogP contribution in [-0.2, 0) is 45.9 Å². The molecule has 0 unspecified atom stereocenters. The van der Waals surface area contributed by atoms with Crippen LogP contribution in [0, 0.1) is 12.8 Å². The van der Waals surface area contributed by atoms with Crippen LogP contribution in [0.25, 0.3) is 27.8 Å². The van der Waals surface area contributed by atoms with Crippen molar-refractivity contribution < 1.29 is 50.8 Å². The molecule has 6 aromatic carbocycles. The molecule has 0 spiro atoms. The molecule has 7 aromatic rings. The highest BCUT2D eigenvalue weighted by Crippen LogP contribution is 2.41. The molecule has 23 nitrogen and oxygen atoms in total. The molecule has 1 aromatic heterocycles. The van der Waals surface area contributed by atoms with E-state index in [1.807, 2.05) is 86.8 Å². The molecule has 596 valence electrons. The van der Waals surface area contributed by atoms with E-state index in [1.54, 1.807) is 11.0 Å². The number of benzene rings is 6. The summed E-state index contributed by atoms with van der Waals surface area (Å²) < 4.78 is 44.6. The van der Waals surface area contributed by atoms with Gasteiger partial charge in [0.15, 0.2) is 5.71 Å². The van der Waals surface area contributed by atoms with E-state index < -0.39 is 34.0 Å². The second-order valence-corrected chi connectivity index (χ2v) is 31.3. The number of unbranched alkanes of at least 4 members (excludes halogenated alkanes) is 2. The summed E-state index contributed by atoms with van der Waals surface area (Å²) in [4.78, 5) is 82.3. The van der Waals surface area contributed by atoms with Gasteiger partial charge in [0.2, 0.25) is 46.0 Å². The first-order chi connectivity index (χ1) is 54.1. The van der Waals surface area contributed by atoms with E-state index in [-0.39, 0.29) is 73.0 Å². The number of morpholine rings is 1. The summed E-state index contributed by atoms with van der Waals surface area (Å²) in [7, 11) is -2.46. The van der Waals surface area contributed by atoms with Crippen LogP contribution in [0.2, 0.25) is 0 Å². The summed E-state index contributed by atoms with van der Waals surface area (Å²) in [6.07, 6.45) is 20.2. The largest absolute Gasteiger partial charge is 0.378 e. The molecule has 1 saturated carbocycles. The normalized spacial score (nSPS) is 15.3. The van der Waals surface area contributed by atoms with Gasteiger partial charge in [-0.15, -0.1) is 4.57 Å². The zero-order chi connectivity index (χ0) is 79.7. The fourth-order valence-electron chi connectivity index (χ4n) is 15.4. The first-order valence-electron chi connectivity index (χ1n) is 40.4. The minimum atomic E-state index is -4.43. The fraction of sp³-hybridized carbons (Fsp3) is 0.455. The minimum Gasteiger partial charge on any atom is -0.378 e.